The molecule has 1 saturated heterocycles. The molecular weight excluding hydrogens is 234 g/mol. The summed E-state index contributed by atoms with van der Waals surface area (Å²) >= 11 is 0. The molecule has 1 heterocycles. The van der Waals surface area contributed by atoms with Gasteiger partial charge in [-0.3, -0.25) is 14.5 Å². The number of nitrogens with zero attached hydrogens (tertiary/aromatic N) is 1. The molecule has 0 bridgehead atoms. The van der Waals surface area contributed by atoms with Crippen molar-refractivity contribution in [3.63, 3.8) is 0 Å². The molecule has 5 heteroatoms. The molecule has 0 amide bonds. The second-order valence-electron chi connectivity index (χ2n) is 5.26. The van der Waals surface area contributed by atoms with Crippen LogP contribution in [-0.2, 0) is 19.1 Å². The Balaban J connectivity index is 2.65. The molecule has 0 aliphatic carbocycles. The van der Waals surface area contributed by atoms with Crippen LogP contribution in [0, 0.1) is 5.41 Å². The van der Waals surface area contributed by atoms with Gasteiger partial charge < -0.3 is 9.47 Å². The zero-order valence-corrected chi connectivity index (χ0v) is 11.7. The van der Waals surface area contributed by atoms with Gasteiger partial charge in [0.25, 0.3) is 0 Å². The summed E-state index contributed by atoms with van der Waals surface area (Å²) in [5.74, 6) is -0.437. The van der Waals surface area contributed by atoms with E-state index in [1.165, 1.54) is 7.11 Å². The van der Waals surface area contributed by atoms with Gasteiger partial charge in [0.1, 0.15) is 6.04 Å². The second kappa shape index (κ2) is 6.18. The lowest BCUT2D eigenvalue weighted by Gasteiger charge is -2.30. The minimum Gasteiger partial charge on any atom is -0.469 e. The summed E-state index contributed by atoms with van der Waals surface area (Å²) in [7, 11) is 1.39. The summed E-state index contributed by atoms with van der Waals surface area (Å²) in [6.45, 7) is 7.20. The van der Waals surface area contributed by atoms with E-state index in [1.54, 1.807) is 6.92 Å². The van der Waals surface area contributed by atoms with Gasteiger partial charge in [0.2, 0.25) is 0 Å². The highest BCUT2D eigenvalue weighted by Gasteiger charge is 2.38. The van der Waals surface area contributed by atoms with Crippen LogP contribution in [0.4, 0.5) is 0 Å². The van der Waals surface area contributed by atoms with Crippen LogP contribution in [0.5, 0.6) is 0 Å². The van der Waals surface area contributed by atoms with E-state index >= 15 is 0 Å². The van der Waals surface area contributed by atoms with Crippen LogP contribution in [0.1, 0.15) is 33.6 Å². The lowest BCUT2D eigenvalue weighted by atomic mass is 9.92. The van der Waals surface area contributed by atoms with Crippen LogP contribution in [-0.4, -0.2) is 49.7 Å². The van der Waals surface area contributed by atoms with E-state index in [2.05, 4.69) is 0 Å². The van der Waals surface area contributed by atoms with Crippen molar-refractivity contribution in [2.75, 3.05) is 26.8 Å². The molecule has 1 aliphatic rings. The predicted molar refractivity (Wildman–Crippen MR) is 67.0 cm³/mol. The Hall–Kier alpha value is -1.10. The maximum absolute atomic E-state index is 11.8. The molecule has 18 heavy (non-hydrogen) atoms. The molecule has 0 radical (unpaired) electrons. The monoisotopic (exact) mass is 257 g/mol. The van der Waals surface area contributed by atoms with Gasteiger partial charge in [-0.05, 0) is 40.2 Å². The number of rotatable bonds is 5. The number of methoxy groups -OCH3 is 1. The molecule has 0 saturated carbocycles. The van der Waals surface area contributed by atoms with Crippen molar-refractivity contribution in [2.24, 2.45) is 5.41 Å². The Labute approximate surface area is 108 Å². The highest BCUT2D eigenvalue weighted by molar-refractivity contribution is 5.77. The van der Waals surface area contributed by atoms with Crippen LogP contribution in [0.3, 0.4) is 0 Å². The van der Waals surface area contributed by atoms with Gasteiger partial charge in [0.05, 0.1) is 19.1 Å². The summed E-state index contributed by atoms with van der Waals surface area (Å²) in [4.78, 5) is 25.5. The summed E-state index contributed by atoms with van der Waals surface area (Å²) < 4.78 is 9.85. The first-order valence-electron chi connectivity index (χ1n) is 6.41. The fraction of sp³-hybridized carbons (Fsp3) is 0.846. The SMILES string of the molecule is CCOC(=O)C1CCCN1CC(C)(C)C(=O)OC. The predicted octanol–water partition coefficient (Wildman–Crippen LogP) is 1.21. The molecule has 104 valence electrons. The number of carbonyl (C=O) groups excluding carboxylic acids is 2. The van der Waals surface area contributed by atoms with Crippen molar-refractivity contribution < 1.29 is 19.1 Å². The van der Waals surface area contributed by atoms with Gasteiger partial charge in [-0.1, -0.05) is 0 Å². The summed E-state index contributed by atoms with van der Waals surface area (Å²) in [5, 5.41) is 0. The minimum absolute atomic E-state index is 0.185. The molecule has 1 aliphatic heterocycles. The Morgan fingerprint density at radius 3 is 2.61 bits per heavy atom. The van der Waals surface area contributed by atoms with Crippen LogP contribution in [0.25, 0.3) is 0 Å². The number of ether oxygens (including phenoxy) is 2. The quantitative estimate of drug-likeness (QED) is 0.693. The fourth-order valence-electron chi connectivity index (χ4n) is 2.37. The number of likely N-dealkylation sites (tertiary alicyclic amines) is 1. The number of hydrogen-bond donors (Lipinski definition) is 0. The molecule has 5 nitrogen and oxygen atoms in total. The third kappa shape index (κ3) is 3.45. The van der Waals surface area contributed by atoms with Crippen LogP contribution in [0.15, 0.2) is 0 Å². The molecule has 1 rings (SSSR count). The molecule has 0 N–H and O–H groups in total. The van der Waals surface area contributed by atoms with E-state index in [9.17, 15) is 9.59 Å². The van der Waals surface area contributed by atoms with Crippen molar-refractivity contribution >= 4 is 11.9 Å². The van der Waals surface area contributed by atoms with Crippen molar-refractivity contribution in [1.82, 2.24) is 4.90 Å². The van der Waals surface area contributed by atoms with E-state index in [1.807, 2.05) is 18.7 Å². The van der Waals surface area contributed by atoms with Gasteiger partial charge in [0, 0.05) is 6.54 Å². The van der Waals surface area contributed by atoms with Gasteiger partial charge in [-0.15, -0.1) is 0 Å². The summed E-state index contributed by atoms with van der Waals surface area (Å²) in [6, 6.07) is -0.214. The Bertz CT molecular complexity index is 314. The second-order valence-corrected chi connectivity index (χ2v) is 5.26. The highest BCUT2D eigenvalue weighted by Crippen LogP contribution is 2.26. The van der Waals surface area contributed by atoms with Crippen LogP contribution < -0.4 is 0 Å². The Kier molecular flexibility index (Phi) is 5.14. The maximum Gasteiger partial charge on any atom is 0.323 e. The lowest BCUT2D eigenvalue weighted by Crippen LogP contribution is -2.45. The first-order chi connectivity index (χ1) is 8.42. The molecule has 0 aromatic carbocycles. The molecule has 0 spiro atoms. The zero-order valence-electron chi connectivity index (χ0n) is 11.7. The average molecular weight is 257 g/mol. The normalized spacial score (nSPS) is 20.8. The largest absolute Gasteiger partial charge is 0.469 e. The lowest BCUT2D eigenvalue weighted by molar-refractivity contribution is -0.155. The third-order valence-corrected chi connectivity index (χ3v) is 3.26. The van der Waals surface area contributed by atoms with Gasteiger partial charge in [-0.2, -0.15) is 0 Å². The standard InChI is InChI=1S/C13H23NO4/c1-5-18-11(15)10-7-6-8-14(10)9-13(2,3)12(16)17-4/h10H,5-9H2,1-4H3. The van der Waals surface area contributed by atoms with E-state index in [0.29, 0.717) is 13.2 Å². The van der Waals surface area contributed by atoms with Gasteiger partial charge in [0.15, 0.2) is 0 Å². The first kappa shape index (κ1) is 15.0. The highest BCUT2D eigenvalue weighted by atomic mass is 16.5. The zero-order chi connectivity index (χ0) is 13.8. The van der Waals surface area contributed by atoms with E-state index in [4.69, 9.17) is 9.47 Å². The molecular formula is C13H23NO4. The topological polar surface area (TPSA) is 55.8 Å². The van der Waals surface area contributed by atoms with Crippen molar-refractivity contribution in [2.45, 2.75) is 39.7 Å². The van der Waals surface area contributed by atoms with Crippen LogP contribution >= 0.6 is 0 Å². The molecule has 0 aromatic heterocycles. The Morgan fingerprint density at radius 1 is 1.39 bits per heavy atom. The number of esters is 2. The molecule has 1 atom stereocenters. The third-order valence-electron chi connectivity index (χ3n) is 3.26. The van der Waals surface area contributed by atoms with Crippen molar-refractivity contribution in [1.29, 1.82) is 0 Å². The molecule has 1 fully saturated rings. The molecule has 0 aromatic rings. The summed E-state index contributed by atoms with van der Waals surface area (Å²) in [6.07, 6.45) is 1.76. The minimum atomic E-state index is -0.607. The number of hydrogen-bond acceptors (Lipinski definition) is 5. The maximum atomic E-state index is 11.8. The van der Waals surface area contributed by atoms with Crippen molar-refractivity contribution in [3.05, 3.63) is 0 Å². The van der Waals surface area contributed by atoms with E-state index in [0.717, 1.165) is 19.4 Å². The van der Waals surface area contributed by atoms with E-state index < -0.39 is 5.41 Å². The average Bonchev–Trinajstić information content (AvgIpc) is 2.75. The van der Waals surface area contributed by atoms with Gasteiger partial charge >= 0.3 is 11.9 Å². The smallest absolute Gasteiger partial charge is 0.323 e. The van der Waals surface area contributed by atoms with Gasteiger partial charge in [-0.25, -0.2) is 0 Å². The number of carbonyl (C=O) groups is 2. The van der Waals surface area contributed by atoms with Crippen LogP contribution in [0.2, 0.25) is 0 Å². The van der Waals surface area contributed by atoms with E-state index in [-0.39, 0.29) is 18.0 Å². The van der Waals surface area contributed by atoms with Crippen molar-refractivity contribution in [3.8, 4) is 0 Å². The Morgan fingerprint density at radius 2 is 2.06 bits per heavy atom. The molecule has 1 unspecified atom stereocenters. The first-order valence-corrected chi connectivity index (χ1v) is 6.41. The summed E-state index contributed by atoms with van der Waals surface area (Å²) in [5.41, 5.74) is -0.607. The fourth-order valence-corrected chi connectivity index (χ4v) is 2.37.